The van der Waals surface area contributed by atoms with Crippen LogP contribution in [0.4, 0.5) is 0 Å². The van der Waals surface area contributed by atoms with Gasteiger partial charge >= 0.3 is 0 Å². The molecular formula is C21H28N3O2S+. The third kappa shape index (κ3) is 6.12. The summed E-state index contributed by atoms with van der Waals surface area (Å²) in [4.78, 5) is 3.83. The number of quaternary nitrogens is 1. The predicted molar refractivity (Wildman–Crippen MR) is 112 cm³/mol. The Hall–Kier alpha value is -2.31. The lowest BCUT2D eigenvalue weighted by Gasteiger charge is -2.33. The van der Waals surface area contributed by atoms with E-state index in [1.165, 1.54) is 5.56 Å². The molecule has 27 heavy (non-hydrogen) atoms. The van der Waals surface area contributed by atoms with E-state index in [1.54, 1.807) is 12.0 Å². The van der Waals surface area contributed by atoms with E-state index < -0.39 is 0 Å². The van der Waals surface area contributed by atoms with Crippen LogP contribution in [0.3, 0.4) is 0 Å². The highest BCUT2D eigenvalue weighted by molar-refractivity contribution is 7.80. The SMILES string of the molecule is COc1ccc(CNC(=S)N2CC[NH+](CCOc3ccccc3)CC2)cc1. The van der Waals surface area contributed by atoms with E-state index in [0.717, 1.165) is 62.5 Å². The van der Waals surface area contributed by atoms with Crippen LogP contribution in [0.25, 0.3) is 0 Å². The molecule has 6 heteroatoms. The van der Waals surface area contributed by atoms with Gasteiger partial charge in [0.1, 0.15) is 24.7 Å². The average Bonchev–Trinajstić information content (AvgIpc) is 2.73. The number of para-hydroxylation sites is 1. The van der Waals surface area contributed by atoms with Crippen LogP contribution in [0.5, 0.6) is 11.5 Å². The van der Waals surface area contributed by atoms with Gasteiger partial charge in [0.2, 0.25) is 0 Å². The van der Waals surface area contributed by atoms with Gasteiger partial charge in [-0.05, 0) is 42.0 Å². The first-order valence-electron chi connectivity index (χ1n) is 9.42. The summed E-state index contributed by atoms with van der Waals surface area (Å²) >= 11 is 5.57. The molecule has 1 heterocycles. The maximum absolute atomic E-state index is 5.81. The summed E-state index contributed by atoms with van der Waals surface area (Å²) in [5.41, 5.74) is 1.19. The number of ether oxygens (including phenoxy) is 2. The van der Waals surface area contributed by atoms with Crippen molar-refractivity contribution in [2.45, 2.75) is 6.54 Å². The van der Waals surface area contributed by atoms with Gasteiger partial charge in [-0.1, -0.05) is 30.3 Å². The molecule has 1 aliphatic heterocycles. The summed E-state index contributed by atoms with van der Waals surface area (Å²) < 4.78 is 11.0. The zero-order chi connectivity index (χ0) is 18.9. The van der Waals surface area contributed by atoms with Crippen molar-refractivity contribution in [1.82, 2.24) is 10.2 Å². The van der Waals surface area contributed by atoms with Crippen molar-refractivity contribution in [3.8, 4) is 11.5 Å². The Morgan fingerprint density at radius 1 is 1.04 bits per heavy atom. The number of nitrogens with one attached hydrogen (secondary N) is 2. The summed E-state index contributed by atoms with van der Waals surface area (Å²) in [7, 11) is 1.68. The summed E-state index contributed by atoms with van der Waals surface area (Å²) in [6.07, 6.45) is 0. The highest BCUT2D eigenvalue weighted by atomic mass is 32.1. The number of methoxy groups -OCH3 is 1. The van der Waals surface area contributed by atoms with Crippen molar-refractivity contribution in [3.05, 3.63) is 60.2 Å². The van der Waals surface area contributed by atoms with Crippen LogP contribution >= 0.6 is 12.2 Å². The minimum atomic E-state index is 0.737. The first-order chi connectivity index (χ1) is 13.2. The van der Waals surface area contributed by atoms with Gasteiger partial charge in [-0.25, -0.2) is 0 Å². The van der Waals surface area contributed by atoms with Crippen molar-refractivity contribution in [2.24, 2.45) is 0 Å². The molecule has 1 aliphatic rings. The fourth-order valence-corrected chi connectivity index (χ4v) is 3.39. The fourth-order valence-electron chi connectivity index (χ4n) is 3.14. The van der Waals surface area contributed by atoms with E-state index in [1.807, 2.05) is 42.5 Å². The number of piperazine rings is 1. The third-order valence-corrected chi connectivity index (χ3v) is 5.23. The molecular weight excluding hydrogens is 358 g/mol. The van der Waals surface area contributed by atoms with Crippen LogP contribution in [0, 0.1) is 0 Å². The Bertz CT molecular complexity index is 701. The van der Waals surface area contributed by atoms with E-state index in [9.17, 15) is 0 Å². The molecule has 5 nitrogen and oxygen atoms in total. The number of benzene rings is 2. The second-order valence-electron chi connectivity index (χ2n) is 6.66. The lowest BCUT2D eigenvalue weighted by atomic mass is 10.2. The minimum Gasteiger partial charge on any atom is -0.497 e. The molecule has 2 N–H and O–H groups in total. The van der Waals surface area contributed by atoms with Gasteiger partial charge in [-0.3, -0.25) is 0 Å². The highest BCUT2D eigenvalue weighted by Gasteiger charge is 2.21. The number of rotatable bonds is 7. The molecule has 0 atom stereocenters. The molecule has 144 valence electrons. The molecule has 0 amide bonds. The molecule has 2 aromatic rings. The summed E-state index contributed by atoms with van der Waals surface area (Å²) in [6.45, 7) is 6.64. The summed E-state index contributed by atoms with van der Waals surface area (Å²) in [5.74, 6) is 1.82. The zero-order valence-electron chi connectivity index (χ0n) is 15.8. The van der Waals surface area contributed by atoms with Crippen LogP contribution in [0.15, 0.2) is 54.6 Å². The van der Waals surface area contributed by atoms with Gasteiger partial charge in [0.15, 0.2) is 5.11 Å². The molecule has 1 fully saturated rings. The lowest BCUT2D eigenvalue weighted by Crippen LogP contribution is -3.15. The van der Waals surface area contributed by atoms with E-state index in [0.29, 0.717) is 0 Å². The normalized spacial score (nSPS) is 14.6. The van der Waals surface area contributed by atoms with E-state index in [2.05, 4.69) is 22.3 Å². The molecule has 0 radical (unpaired) electrons. The quantitative estimate of drug-likeness (QED) is 0.703. The molecule has 0 bridgehead atoms. The van der Waals surface area contributed by atoms with Crippen LogP contribution < -0.4 is 19.7 Å². The topological polar surface area (TPSA) is 38.2 Å². The fraction of sp³-hybridized carbons (Fsp3) is 0.381. The zero-order valence-corrected chi connectivity index (χ0v) is 16.6. The summed E-state index contributed by atoms with van der Waals surface area (Å²) in [5, 5.41) is 4.21. The standard InChI is InChI=1S/C21H27N3O2S/c1-25-19-9-7-18(8-10-19)17-22-21(27)24-13-11-23(12-14-24)15-16-26-20-5-3-2-4-6-20/h2-10H,11-17H2,1H3,(H,22,27)/p+1. The van der Waals surface area contributed by atoms with Gasteiger partial charge in [-0.2, -0.15) is 0 Å². The minimum absolute atomic E-state index is 0.737. The van der Waals surface area contributed by atoms with Gasteiger partial charge in [0, 0.05) is 6.54 Å². The van der Waals surface area contributed by atoms with Crippen LogP contribution in [-0.4, -0.2) is 56.5 Å². The Balaban J connectivity index is 1.33. The maximum atomic E-state index is 5.81. The second-order valence-corrected chi connectivity index (χ2v) is 7.04. The first kappa shape index (κ1) is 19.5. The maximum Gasteiger partial charge on any atom is 0.169 e. The van der Waals surface area contributed by atoms with Gasteiger partial charge < -0.3 is 24.6 Å². The van der Waals surface area contributed by atoms with Gasteiger partial charge in [0.05, 0.1) is 33.3 Å². The second kappa shape index (κ2) is 10.1. The van der Waals surface area contributed by atoms with E-state index in [4.69, 9.17) is 21.7 Å². The smallest absolute Gasteiger partial charge is 0.169 e. The highest BCUT2D eigenvalue weighted by Crippen LogP contribution is 2.11. The number of thiocarbonyl (C=S) groups is 1. The van der Waals surface area contributed by atoms with Crippen molar-refractivity contribution < 1.29 is 14.4 Å². The summed E-state index contributed by atoms with van der Waals surface area (Å²) in [6, 6.07) is 18.1. The molecule has 1 saturated heterocycles. The molecule has 2 aromatic carbocycles. The Morgan fingerprint density at radius 2 is 1.74 bits per heavy atom. The number of hydrogen-bond acceptors (Lipinski definition) is 3. The van der Waals surface area contributed by atoms with E-state index in [-0.39, 0.29) is 0 Å². The Morgan fingerprint density at radius 3 is 2.41 bits per heavy atom. The van der Waals surface area contributed by atoms with Gasteiger partial charge in [-0.15, -0.1) is 0 Å². The number of hydrogen-bond donors (Lipinski definition) is 2. The van der Waals surface area contributed by atoms with Crippen molar-refractivity contribution >= 4 is 17.3 Å². The van der Waals surface area contributed by atoms with Crippen molar-refractivity contribution in [2.75, 3.05) is 46.4 Å². The van der Waals surface area contributed by atoms with Crippen molar-refractivity contribution in [3.63, 3.8) is 0 Å². The van der Waals surface area contributed by atoms with Crippen LogP contribution in [-0.2, 0) is 6.54 Å². The molecule has 0 aromatic heterocycles. The van der Waals surface area contributed by atoms with E-state index >= 15 is 0 Å². The molecule has 0 aliphatic carbocycles. The first-order valence-corrected chi connectivity index (χ1v) is 9.82. The predicted octanol–water partition coefficient (Wildman–Crippen LogP) is 1.35. The van der Waals surface area contributed by atoms with Gasteiger partial charge in [0.25, 0.3) is 0 Å². The molecule has 0 saturated carbocycles. The Labute approximate surface area is 166 Å². The van der Waals surface area contributed by atoms with Crippen molar-refractivity contribution in [1.29, 1.82) is 0 Å². The Kier molecular flexibility index (Phi) is 7.30. The third-order valence-electron chi connectivity index (χ3n) is 4.83. The molecule has 0 unspecified atom stereocenters. The molecule has 3 rings (SSSR count). The molecule has 0 spiro atoms. The largest absolute Gasteiger partial charge is 0.497 e. The van der Waals surface area contributed by atoms with Crippen LogP contribution in [0.2, 0.25) is 0 Å². The number of nitrogens with zero attached hydrogens (tertiary/aromatic N) is 1. The average molecular weight is 387 g/mol. The van der Waals surface area contributed by atoms with Crippen LogP contribution in [0.1, 0.15) is 5.56 Å². The monoisotopic (exact) mass is 386 g/mol. The lowest BCUT2D eigenvalue weighted by molar-refractivity contribution is -0.903.